The van der Waals surface area contributed by atoms with Crippen LogP contribution < -0.4 is 21.7 Å². The third-order valence-electron chi connectivity index (χ3n) is 6.72. The highest BCUT2D eigenvalue weighted by atomic mass is 16.3. The zero-order valence-electron chi connectivity index (χ0n) is 18.8. The lowest BCUT2D eigenvalue weighted by Crippen LogP contribution is -2.43. The number of amides is 1. The van der Waals surface area contributed by atoms with Crippen molar-refractivity contribution in [3.8, 4) is 0 Å². The van der Waals surface area contributed by atoms with E-state index in [1.165, 1.54) is 0 Å². The summed E-state index contributed by atoms with van der Waals surface area (Å²) in [6.07, 6.45) is 5.24. The normalized spacial score (nSPS) is 20.2. The molecule has 1 aliphatic heterocycles. The van der Waals surface area contributed by atoms with Crippen molar-refractivity contribution in [3.05, 3.63) is 53.0 Å². The quantitative estimate of drug-likeness (QED) is 0.485. The Morgan fingerprint density at radius 2 is 2.15 bits per heavy atom. The number of nitrogen functional groups attached to an aromatic ring is 1. The van der Waals surface area contributed by atoms with Gasteiger partial charge in [0, 0.05) is 30.1 Å². The Balaban J connectivity index is 1.53. The number of carbonyl (C=O) groups is 1. The number of aliphatic hydroxyl groups is 1. The smallest absolute Gasteiger partial charge is 0.276 e. The van der Waals surface area contributed by atoms with Crippen LogP contribution in [0.2, 0.25) is 0 Å². The van der Waals surface area contributed by atoms with E-state index in [-0.39, 0.29) is 17.6 Å². The third-order valence-corrected chi connectivity index (χ3v) is 6.72. The monoisotopic (exact) mass is 446 g/mol. The standard InChI is InChI=1S/C25H30N6O2/c1-2-14-5-6-15-11-18(27)23(29-19(15)10-14)25(33)30-20-12-28-22-17(7-8-21(22)32)24(20)31-9-3-4-16(26)13-31/h5-6,10-12,16,21,32H,2-4,7-9,13,26-27H2,1H3,(H,30,33)/t16-,21?/m0/s1. The second kappa shape index (κ2) is 8.61. The molecule has 1 fully saturated rings. The van der Waals surface area contributed by atoms with Crippen molar-refractivity contribution in [1.82, 2.24) is 9.97 Å². The Bertz CT molecular complexity index is 1230. The molecule has 2 aromatic heterocycles. The van der Waals surface area contributed by atoms with E-state index in [0.29, 0.717) is 36.5 Å². The average molecular weight is 447 g/mol. The van der Waals surface area contributed by atoms with Gasteiger partial charge in [-0.2, -0.15) is 0 Å². The Hall–Kier alpha value is -3.23. The molecule has 172 valence electrons. The topological polar surface area (TPSA) is 130 Å². The Labute approximate surface area is 193 Å². The molecule has 1 saturated heterocycles. The SMILES string of the molecule is CCc1ccc2cc(N)c(C(=O)Nc3cnc4c(c3N3CCC[C@H](N)C3)CCC4O)nc2c1. The fourth-order valence-electron chi connectivity index (χ4n) is 4.99. The predicted octanol–water partition coefficient (Wildman–Crippen LogP) is 2.93. The fourth-order valence-corrected chi connectivity index (χ4v) is 4.99. The number of anilines is 3. The van der Waals surface area contributed by atoms with Crippen molar-refractivity contribution in [2.75, 3.05) is 29.0 Å². The number of aryl methyl sites for hydroxylation is 1. The van der Waals surface area contributed by atoms with E-state index in [1.54, 1.807) is 12.3 Å². The van der Waals surface area contributed by atoms with Crippen molar-refractivity contribution in [1.29, 1.82) is 0 Å². The average Bonchev–Trinajstić information content (AvgIpc) is 3.18. The Morgan fingerprint density at radius 3 is 2.94 bits per heavy atom. The van der Waals surface area contributed by atoms with Gasteiger partial charge in [0.05, 0.1) is 40.6 Å². The molecule has 0 radical (unpaired) electrons. The van der Waals surface area contributed by atoms with E-state index in [9.17, 15) is 9.90 Å². The highest BCUT2D eigenvalue weighted by Crippen LogP contribution is 2.41. The van der Waals surface area contributed by atoms with Crippen LogP contribution in [0.15, 0.2) is 30.5 Å². The van der Waals surface area contributed by atoms with Crippen LogP contribution in [0.5, 0.6) is 0 Å². The predicted molar refractivity (Wildman–Crippen MR) is 130 cm³/mol. The number of nitrogens with zero attached hydrogens (tertiary/aromatic N) is 3. The molecule has 8 nitrogen and oxygen atoms in total. The van der Waals surface area contributed by atoms with Gasteiger partial charge in [-0.1, -0.05) is 19.1 Å². The summed E-state index contributed by atoms with van der Waals surface area (Å²) in [7, 11) is 0. The van der Waals surface area contributed by atoms with E-state index in [1.807, 2.05) is 18.2 Å². The van der Waals surface area contributed by atoms with Crippen LogP contribution in [0.4, 0.5) is 17.1 Å². The van der Waals surface area contributed by atoms with E-state index in [2.05, 4.69) is 27.1 Å². The summed E-state index contributed by atoms with van der Waals surface area (Å²) in [5, 5.41) is 14.3. The molecule has 6 N–H and O–H groups in total. The number of hydrogen-bond donors (Lipinski definition) is 4. The van der Waals surface area contributed by atoms with Crippen LogP contribution in [-0.4, -0.2) is 40.1 Å². The highest BCUT2D eigenvalue weighted by molar-refractivity contribution is 6.09. The summed E-state index contributed by atoms with van der Waals surface area (Å²) in [4.78, 5) is 24.6. The lowest BCUT2D eigenvalue weighted by molar-refractivity contribution is 0.102. The number of nitrogens with two attached hydrogens (primary N) is 2. The second-order valence-electron chi connectivity index (χ2n) is 9.05. The maximum Gasteiger partial charge on any atom is 0.276 e. The van der Waals surface area contributed by atoms with E-state index in [0.717, 1.165) is 53.5 Å². The number of pyridine rings is 2. The van der Waals surface area contributed by atoms with Crippen LogP contribution in [-0.2, 0) is 12.8 Å². The van der Waals surface area contributed by atoms with Crippen molar-refractivity contribution in [3.63, 3.8) is 0 Å². The molecule has 0 bridgehead atoms. The second-order valence-corrected chi connectivity index (χ2v) is 9.05. The molecule has 1 amide bonds. The van der Waals surface area contributed by atoms with Gasteiger partial charge in [0.25, 0.3) is 5.91 Å². The molecule has 33 heavy (non-hydrogen) atoms. The largest absolute Gasteiger partial charge is 0.397 e. The summed E-state index contributed by atoms with van der Waals surface area (Å²) < 4.78 is 0. The van der Waals surface area contributed by atoms with Crippen LogP contribution in [0.3, 0.4) is 0 Å². The van der Waals surface area contributed by atoms with Gasteiger partial charge < -0.3 is 26.8 Å². The van der Waals surface area contributed by atoms with E-state index >= 15 is 0 Å². The number of benzene rings is 1. The zero-order chi connectivity index (χ0) is 23.1. The number of carbonyl (C=O) groups excluding carboxylic acids is 1. The van der Waals surface area contributed by atoms with Gasteiger partial charge in [0.15, 0.2) is 5.69 Å². The first-order chi connectivity index (χ1) is 15.9. The van der Waals surface area contributed by atoms with Gasteiger partial charge >= 0.3 is 0 Å². The number of aromatic nitrogens is 2. The molecule has 1 aliphatic carbocycles. The molecular formula is C25H30N6O2. The van der Waals surface area contributed by atoms with Gasteiger partial charge in [-0.3, -0.25) is 9.78 Å². The maximum atomic E-state index is 13.3. The first-order valence-electron chi connectivity index (χ1n) is 11.7. The molecule has 8 heteroatoms. The molecule has 0 spiro atoms. The van der Waals surface area contributed by atoms with Gasteiger partial charge in [0.2, 0.25) is 0 Å². The van der Waals surface area contributed by atoms with Crippen molar-refractivity contribution >= 4 is 33.9 Å². The van der Waals surface area contributed by atoms with Crippen LogP contribution in [0, 0.1) is 0 Å². The first kappa shape index (κ1) is 21.6. The number of rotatable bonds is 4. The molecule has 2 aliphatic rings. The van der Waals surface area contributed by atoms with Crippen molar-refractivity contribution < 1.29 is 9.90 Å². The zero-order valence-corrected chi connectivity index (χ0v) is 18.8. The number of piperidine rings is 1. The van der Waals surface area contributed by atoms with E-state index in [4.69, 9.17) is 11.5 Å². The third kappa shape index (κ3) is 4.00. The number of hydrogen-bond acceptors (Lipinski definition) is 7. The number of aliphatic hydroxyl groups excluding tert-OH is 1. The number of fused-ring (bicyclic) bond motifs is 2. The van der Waals surface area contributed by atoms with Crippen molar-refractivity contribution in [2.45, 2.75) is 51.2 Å². The van der Waals surface area contributed by atoms with Gasteiger partial charge in [-0.05, 0) is 49.8 Å². The summed E-state index contributed by atoms with van der Waals surface area (Å²) in [5.41, 5.74) is 18.1. The van der Waals surface area contributed by atoms with Crippen LogP contribution >= 0.6 is 0 Å². The molecule has 1 aromatic carbocycles. The molecule has 2 atom stereocenters. The van der Waals surface area contributed by atoms with Crippen LogP contribution in [0.25, 0.3) is 10.9 Å². The minimum Gasteiger partial charge on any atom is -0.397 e. The Kier molecular flexibility index (Phi) is 5.64. The molecular weight excluding hydrogens is 416 g/mol. The molecule has 3 aromatic rings. The summed E-state index contributed by atoms with van der Waals surface area (Å²) in [5.74, 6) is -0.376. The fraction of sp³-hybridized carbons (Fsp3) is 0.400. The Morgan fingerprint density at radius 1 is 1.30 bits per heavy atom. The summed E-state index contributed by atoms with van der Waals surface area (Å²) in [6.45, 7) is 3.63. The molecule has 3 heterocycles. The maximum absolute atomic E-state index is 13.3. The lowest BCUT2D eigenvalue weighted by Gasteiger charge is -2.35. The van der Waals surface area contributed by atoms with E-state index < -0.39 is 6.10 Å². The highest BCUT2D eigenvalue weighted by Gasteiger charge is 2.31. The molecule has 0 saturated carbocycles. The first-order valence-corrected chi connectivity index (χ1v) is 11.7. The lowest BCUT2D eigenvalue weighted by atomic mass is 10.0. The van der Waals surface area contributed by atoms with Crippen LogP contribution in [0.1, 0.15) is 59.6 Å². The minimum absolute atomic E-state index is 0.0722. The van der Waals surface area contributed by atoms with Gasteiger partial charge in [0.1, 0.15) is 0 Å². The van der Waals surface area contributed by atoms with Crippen molar-refractivity contribution in [2.24, 2.45) is 5.73 Å². The molecule has 1 unspecified atom stereocenters. The molecule has 5 rings (SSSR count). The van der Waals surface area contributed by atoms with Gasteiger partial charge in [-0.25, -0.2) is 4.98 Å². The summed E-state index contributed by atoms with van der Waals surface area (Å²) >= 11 is 0. The number of nitrogens with one attached hydrogen (secondary N) is 1. The minimum atomic E-state index is -0.576. The summed E-state index contributed by atoms with van der Waals surface area (Å²) in [6, 6.07) is 7.88. The van der Waals surface area contributed by atoms with Gasteiger partial charge in [-0.15, -0.1) is 0 Å².